The summed E-state index contributed by atoms with van der Waals surface area (Å²) in [6, 6.07) is 0. The fraction of sp³-hybridized carbons (Fsp3) is 0.833. The second kappa shape index (κ2) is 7.72. The number of ketones is 1. The molecular weight excluding hydrogens is 382 g/mol. The summed E-state index contributed by atoms with van der Waals surface area (Å²) in [6.45, 7) is 11.0. The number of carbonyl (C=O) groups excluding carboxylic acids is 2. The van der Waals surface area contributed by atoms with E-state index in [0.29, 0.717) is 13.0 Å². The zero-order chi connectivity index (χ0) is 21.7. The van der Waals surface area contributed by atoms with Gasteiger partial charge in [-0.25, -0.2) is 0 Å². The molecule has 3 heterocycles. The lowest BCUT2D eigenvalue weighted by Crippen LogP contribution is -2.65. The molecule has 3 aliphatic heterocycles. The third-order valence-corrected chi connectivity index (χ3v) is 7.46. The van der Waals surface area contributed by atoms with E-state index in [1.807, 2.05) is 13.0 Å². The van der Waals surface area contributed by atoms with E-state index in [2.05, 4.69) is 33.8 Å². The Morgan fingerprint density at radius 1 is 1.37 bits per heavy atom. The maximum absolute atomic E-state index is 14.1. The van der Waals surface area contributed by atoms with Gasteiger partial charge in [-0.05, 0) is 32.6 Å². The first kappa shape index (κ1) is 22.0. The quantitative estimate of drug-likeness (QED) is 0.484. The lowest BCUT2D eigenvalue weighted by Gasteiger charge is -2.44. The molecule has 1 unspecified atom stereocenters. The third-order valence-electron chi connectivity index (χ3n) is 7.46. The van der Waals surface area contributed by atoms with Gasteiger partial charge in [0.2, 0.25) is 5.91 Å². The number of Topliss-reactive ketones (excluding diaryl/α,β-unsaturated/α-hetero) is 1. The molecule has 3 saturated heterocycles. The van der Waals surface area contributed by atoms with Gasteiger partial charge in [0.1, 0.15) is 11.8 Å². The molecule has 168 valence electrons. The number of hydrogen-bond acceptors (Lipinski definition) is 5. The second-order valence-electron chi connectivity index (χ2n) is 10.6. The molecular formula is C24H37NO5. The molecule has 1 amide bonds. The third kappa shape index (κ3) is 3.09. The zero-order valence-electron chi connectivity index (χ0n) is 19.1. The van der Waals surface area contributed by atoms with Crippen LogP contribution in [0.3, 0.4) is 0 Å². The Morgan fingerprint density at radius 2 is 2.13 bits per heavy atom. The van der Waals surface area contributed by atoms with E-state index < -0.39 is 23.7 Å². The van der Waals surface area contributed by atoms with Crippen LogP contribution in [0.2, 0.25) is 0 Å². The van der Waals surface area contributed by atoms with Crippen molar-refractivity contribution in [2.24, 2.45) is 17.3 Å². The van der Waals surface area contributed by atoms with Crippen LogP contribution in [0.4, 0.5) is 0 Å². The number of amides is 1. The SMILES string of the molecule is CCCCOC1C[C@H]2C(=O)N3[C@H](C(C)(C)C)OC[C@@]3(C(=O)[C@@H]3C=CCCC3)[C@@]2(C)O1. The fourth-order valence-corrected chi connectivity index (χ4v) is 5.81. The smallest absolute Gasteiger partial charge is 0.231 e. The van der Waals surface area contributed by atoms with Crippen LogP contribution in [-0.4, -0.2) is 53.5 Å². The summed E-state index contributed by atoms with van der Waals surface area (Å²) >= 11 is 0. The van der Waals surface area contributed by atoms with E-state index in [0.717, 1.165) is 32.1 Å². The molecule has 4 aliphatic rings. The molecule has 6 nitrogen and oxygen atoms in total. The van der Waals surface area contributed by atoms with E-state index in [4.69, 9.17) is 14.2 Å². The number of allylic oxidation sites excluding steroid dienone is 2. The van der Waals surface area contributed by atoms with Crippen LogP contribution < -0.4 is 0 Å². The van der Waals surface area contributed by atoms with Crippen molar-refractivity contribution in [3.63, 3.8) is 0 Å². The monoisotopic (exact) mass is 419 g/mol. The van der Waals surface area contributed by atoms with E-state index in [1.165, 1.54) is 0 Å². The van der Waals surface area contributed by atoms with Crippen molar-refractivity contribution in [1.82, 2.24) is 4.90 Å². The highest BCUT2D eigenvalue weighted by Crippen LogP contribution is 2.59. The molecule has 1 aliphatic carbocycles. The number of carbonyl (C=O) groups is 2. The van der Waals surface area contributed by atoms with Crippen LogP contribution in [0.25, 0.3) is 0 Å². The number of hydrogen-bond donors (Lipinski definition) is 0. The van der Waals surface area contributed by atoms with Gasteiger partial charge in [0.05, 0.1) is 12.5 Å². The number of nitrogens with zero attached hydrogens (tertiary/aromatic N) is 1. The summed E-state index contributed by atoms with van der Waals surface area (Å²) < 4.78 is 18.6. The molecule has 0 bridgehead atoms. The van der Waals surface area contributed by atoms with Gasteiger partial charge >= 0.3 is 0 Å². The van der Waals surface area contributed by atoms with Crippen molar-refractivity contribution in [3.05, 3.63) is 12.2 Å². The van der Waals surface area contributed by atoms with Gasteiger partial charge in [0.25, 0.3) is 0 Å². The van der Waals surface area contributed by atoms with Gasteiger partial charge in [0.15, 0.2) is 17.6 Å². The summed E-state index contributed by atoms with van der Waals surface area (Å²) in [5.41, 5.74) is -2.34. The van der Waals surface area contributed by atoms with E-state index >= 15 is 0 Å². The summed E-state index contributed by atoms with van der Waals surface area (Å²) in [4.78, 5) is 29.6. The molecule has 6 atom stereocenters. The summed E-state index contributed by atoms with van der Waals surface area (Å²) in [5, 5.41) is 0. The Hall–Kier alpha value is -1.24. The number of fused-ring (bicyclic) bond motifs is 3. The van der Waals surface area contributed by atoms with Crippen molar-refractivity contribution in [2.75, 3.05) is 13.2 Å². The summed E-state index contributed by atoms with van der Waals surface area (Å²) in [6.07, 6.45) is 8.53. The van der Waals surface area contributed by atoms with Gasteiger partial charge in [-0.1, -0.05) is 46.3 Å². The molecule has 3 fully saturated rings. The highest BCUT2D eigenvalue weighted by Gasteiger charge is 2.78. The van der Waals surface area contributed by atoms with Gasteiger partial charge in [-0.3, -0.25) is 14.5 Å². The molecule has 0 aromatic heterocycles. The van der Waals surface area contributed by atoms with Crippen LogP contribution in [0, 0.1) is 17.3 Å². The number of ether oxygens (including phenoxy) is 3. The Balaban J connectivity index is 1.72. The highest BCUT2D eigenvalue weighted by molar-refractivity contribution is 6.02. The van der Waals surface area contributed by atoms with Crippen molar-refractivity contribution in [1.29, 1.82) is 0 Å². The maximum Gasteiger partial charge on any atom is 0.231 e. The largest absolute Gasteiger partial charge is 0.355 e. The predicted octanol–water partition coefficient (Wildman–Crippen LogP) is 3.83. The Labute approximate surface area is 180 Å². The van der Waals surface area contributed by atoms with Crippen molar-refractivity contribution < 1.29 is 23.8 Å². The Morgan fingerprint density at radius 3 is 2.77 bits per heavy atom. The zero-order valence-corrected chi connectivity index (χ0v) is 19.1. The minimum Gasteiger partial charge on any atom is -0.355 e. The minimum atomic E-state index is -1.10. The molecule has 0 aromatic rings. The van der Waals surface area contributed by atoms with E-state index in [1.54, 1.807) is 4.90 Å². The highest BCUT2D eigenvalue weighted by atomic mass is 16.7. The molecule has 0 radical (unpaired) electrons. The van der Waals surface area contributed by atoms with Crippen LogP contribution in [0.1, 0.15) is 73.1 Å². The van der Waals surface area contributed by atoms with Crippen LogP contribution in [-0.2, 0) is 23.8 Å². The Kier molecular flexibility index (Phi) is 5.65. The summed E-state index contributed by atoms with van der Waals surface area (Å²) in [5.74, 6) is -0.535. The molecule has 0 N–H and O–H groups in total. The molecule has 0 spiro atoms. The second-order valence-corrected chi connectivity index (χ2v) is 10.6. The molecule has 0 aromatic carbocycles. The molecule has 4 rings (SSSR count). The van der Waals surface area contributed by atoms with E-state index in [-0.39, 0.29) is 35.5 Å². The first-order chi connectivity index (χ1) is 14.2. The number of unbranched alkanes of at least 4 members (excludes halogenated alkanes) is 1. The lowest BCUT2D eigenvalue weighted by molar-refractivity contribution is -0.196. The van der Waals surface area contributed by atoms with Crippen LogP contribution in [0.5, 0.6) is 0 Å². The van der Waals surface area contributed by atoms with Crippen LogP contribution >= 0.6 is 0 Å². The summed E-state index contributed by atoms with van der Waals surface area (Å²) in [7, 11) is 0. The lowest BCUT2D eigenvalue weighted by atomic mass is 9.70. The normalized spacial score (nSPS) is 40.7. The average molecular weight is 420 g/mol. The van der Waals surface area contributed by atoms with Crippen molar-refractivity contribution in [2.45, 2.75) is 96.8 Å². The predicted molar refractivity (Wildman–Crippen MR) is 113 cm³/mol. The first-order valence-corrected chi connectivity index (χ1v) is 11.6. The van der Waals surface area contributed by atoms with Crippen molar-refractivity contribution in [3.8, 4) is 0 Å². The van der Waals surface area contributed by atoms with E-state index in [9.17, 15) is 9.59 Å². The molecule has 30 heavy (non-hydrogen) atoms. The van der Waals surface area contributed by atoms with Crippen molar-refractivity contribution >= 4 is 11.7 Å². The standard InChI is InChI=1S/C24H37NO5/c1-6-7-13-28-18-14-17-20(27)25-21(22(2,3)4)29-15-24(25,23(17,5)30-18)19(26)16-11-9-8-10-12-16/h9,11,16-18,21H,6-8,10,12-15H2,1-5H3/t16-,17+,18?,21+,23+,24-/m1/s1. The molecule has 0 saturated carbocycles. The van der Waals surface area contributed by atoms with Gasteiger partial charge in [-0.15, -0.1) is 0 Å². The van der Waals surface area contributed by atoms with Gasteiger partial charge in [-0.2, -0.15) is 0 Å². The molecule has 6 heteroatoms. The van der Waals surface area contributed by atoms with Gasteiger partial charge < -0.3 is 14.2 Å². The first-order valence-electron chi connectivity index (χ1n) is 11.6. The Bertz CT molecular complexity index is 728. The maximum atomic E-state index is 14.1. The average Bonchev–Trinajstić information content (AvgIpc) is 3.32. The fourth-order valence-electron chi connectivity index (χ4n) is 5.81. The van der Waals surface area contributed by atoms with Gasteiger partial charge in [0, 0.05) is 24.4 Å². The minimum absolute atomic E-state index is 0.0235. The topological polar surface area (TPSA) is 65.1 Å². The van der Waals surface area contributed by atoms with Crippen LogP contribution in [0.15, 0.2) is 12.2 Å². The number of rotatable bonds is 6.